The number of amides is 1. The lowest BCUT2D eigenvalue weighted by Gasteiger charge is -2.10. The molecule has 4 aromatic rings. The molecule has 3 aromatic heterocycles. The first kappa shape index (κ1) is 20.3. The molecule has 0 aliphatic carbocycles. The van der Waals surface area contributed by atoms with E-state index in [1.165, 1.54) is 4.57 Å². The summed E-state index contributed by atoms with van der Waals surface area (Å²) in [5.74, 6) is 0.735. The van der Waals surface area contributed by atoms with Crippen molar-refractivity contribution in [2.75, 3.05) is 11.9 Å². The molecule has 0 aliphatic rings. The second-order valence-electron chi connectivity index (χ2n) is 7.23. The van der Waals surface area contributed by atoms with Gasteiger partial charge < -0.3 is 14.6 Å². The van der Waals surface area contributed by atoms with E-state index in [9.17, 15) is 9.59 Å². The number of anilines is 1. The number of pyridine rings is 1. The van der Waals surface area contributed by atoms with Crippen LogP contribution in [-0.4, -0.2) is 42.9 Å². The molecular weight excluding hydrogens is 396 g/mol. The third-order valence-electron chi connectivity index (χ3n) is 4.73. The molecule has 0 atom stereocenters. The highest BCUT2D eigenvalue weighted by Crippen LogP contribution is 2.21. The quantitative estimate of drug-likeness (QED) is 0.523. The summed E-state index contributed by atoms with van der Waals surface area (Å²) in [6.45, 7) is 6.10. The number of fused-ring (bicyclic) bond motifs is 1. The van der Waals surface area contributed by atoms with Gasteiger partial charge in [-0.1, -0.05) is 12.1 Å². The van der Waals surface area contributed by atoms with Gasteiger partial charge in [-0.15, -0.1) is 10.2 Å². The monoisotopic (exact) mass is 418 g/mol. The number of nitrogens with one attached hydrogen (secondary N) is 1. The molecule has 0 saturated carbocycles. The largest absolute Gasteiger partial charge is 0.449 e. The van der Waals surface area contributed by atoms with Gasteiger partial charge in [-0.25, -0.2) is 9.78 Å². The fraction of sp³-hybridized carbons (Fsp3) is 0.227. The number of nitrogens with zero attached hydrogens (tertiary/aromatic N) is 5. The molecule has 0 radical (unpaired) electrons. The molecule has 1 N–H and O–H groups in total. The zero-order chi connectivity index (χ0) is 22.0. The van der Waals surface area contributed by atoms with Crippen molar-refractivity contribution in [2.45, 2.75) is 26.8 Å². The van der Waals surface area contributed by atoms with Crippen LogP contribution in [0.15, 0.2) is 55.1 Å². The fourth-order valence-corrected chi connectivity index (χ4v) is 3.21. The standard InChI is InChI=1S/C22H22N6O3/c1-4-31-22(30)27-11-16-9-8-15(10-17(16)12-27)21(29)25-19-7-5-6-18(24-19)20-26-23-13-28(20)14(2)3/h5-14H,4H2,1-3H3,(H,24,25,29). The van der Waals surface area contributed by atoms with E-state index in [1.54, 1.807) is 56.0 Å². The fourth-order valence-electron chi connectivity index (χ4n) is 3.21. The Balaban J connectivity index is 1.56. The maximum atomic E-state index is 12.8. The van der Waals surface area contributed by atoms with Crippen LogP contribution in [0.3, 0.4) is 0 Å². The van der Waals surface area contributed by atoms with Crippen LogP contribution in [0.5, 0.6) is 0 Å². The van der Waals surface area contributed by atoms with Crippen LogP contribution in [0.4, 0.5) is 10.6 Å². The first-order valence-electron chi connectivity index (χ1n) is 9.93. The lowest BCUT2D eigenvalue weighted by molar-refractivity contribution is 0.102. The molecule has 4 rings (SSSR count). The van der Waals surface area contributed by atoms with Gasteiger partial charge in [0.05, 0.1) is 6.61 Å². The van der Waals surface area contributed by atoms with Crippen LogP contribution in [0.25, 0.3) is 22.3 Å². The van der Waals surface area contributed by atoms with Crippen molar-refractivity contribution < 1.29 is 14.3 Å². The van der Waals surface area contributed by atoms with Crippen LogP contribution in [0, 0.1) is 0 Å². The molecule has 0 saturated heterocycles. The highest BCUT2D eigenvalue weighted by Gasteiger charge is 2.14. The molecule has 31 heavy (non-hydrogen) atoms. The zero-order valence-electron chi connectivity index (χ0n) is 17.4. The van der Waals surface area contributed by atoms with Crippen LogP contribution in [-0.2, 0) is 4.74 Å². The Morgan fingerprint density at radius 1 is 1.13 bits per heavy atom. The van der Waals surface area contributed by atoms with Crippen molar-refractivity contribution in [3.05, 3.63) is 60.7 Å². The lowest BCUT2D eigenvalue weighted by Crippen LogP contribution is -2.13. The minimum atomic E-state index is -0.458. The lowest BCUT2D eigenvalue weighted by atomic mass is 10.1. The molecular formula is C22H22N6O3. The molecule has 158 valence electrons. The smallest absolute Gasteiger partial charge is 0.417 e. The summed E-state index contributed by atoms with van der Waals surface area (Å²) >= 11 is 0. The Bertz CT molecular complexity index is 1260. The van der Waals surface area contributed by atoms with Crippen molar-refractivity contribution in [1.29, 1.82) is 0 Å². The maximum absolute atomic E-state index is 12.8. The van der Waals surface area contributed by atoms with Crippen molar-refractivity contribution in [2.24, 2.45) is 0 Å². The minimum absolute atomic E-state index is 0.179. The van der Waals surface area contributed by atoms with Gasteiger partial charge in [0, 0.05) is 34.8 Å². The number of hydrogen-bond donors (Lipinski definition) is 1. The Hall–Kier alpha value is -4.01. The number of hydrogen-bond acceptors (Lipinski definition) is 6. The van der Waals surface area contributed by atoms with Crippen molar-refractivity contribution in [1.82, 2.24) is 24.3 Å². The van der Waals surface area contributed by atoms with Crippen molar-refractivity contribution in [3.8, 4) is 11.5 Å². The summed E-state index contributed by atoms with van der Waals surface area (Å²) in [4.78, 5) is 29.2. The Morgan fingerprint density at radius 3 is 2.71 bits per heavy atom. The Kier molecular flexibility index (Phi) is 5.48. The van der Waals surface area contributed by atoms with Crippen molar-refractivity contribution in [3.63, 3.8) is 0 Å². The van der Waals surface area contributed by atoms with E-state index in [4.69, 9.17) is 4.74 Å². The van der Waals surface area contributed by atoms with E-state index in [0.29, 0.717) is 29.5 Å². The van der Waals surface area contributed by atoms with Crippen molar-refractivity contribution >= 4 is 28.6 Å². The highest BCUT2D eigenvalue weighted by molar-refractivity contribution is 6.06. The van der Waals surface area contributed by atoms with Gasteiger partial charge >= 0.3 is 6.09 Å². The van der Waals surface area contributed by atoms with E-state index in [2.05, 4.69) is 20.5 Å². The summed E-state index contributed by atoms with van der Waals surface area (Å²) < 4.78 is 8.28. The molecule has 1 amide bonds. The predicted molar refractivity (Wildman–Crippen MR) is 116 cm³/mol. The molecule has 0 unspecified atom stereocenters. The molecule has 0 spiro atoms. The molecule has 9 nitrogen and oxygen atoms in total. The molecule has 0 bridgehead atoms. The Morgan fingerprint density at radius 2 is 1.94 bits per heavy atom. The Labute approximate surface area is 178 Å². The van der Waals surface area contributed by atoms with E-state index >= 15 is 0 Å². The van der Waals surface area contributed by atoms with Crippen LogP contribution in [0.2, 0.25) is 0 Å². The van der Waals surface area contributed by atoms with E-state index in [0.717, 1.165) is 10.8 Å². The first-order chi connectivity index (χ1) is 15.0. The summed E-state index contributed by atoms with van der Waals surface area (Å²) in [5.41, 5.74) is 1.07. The van der Waals surface area contributed by atoms with E-state index in [1.807, 2.05) is 24.5 Å². The van der Waals surface area contributed by atoms with Crippen LogP contribution in [0.1, 0.15) is 37.2 Å². The summed E-state index contributed by atoms with van der Waals surface area (Å²) in [6, 6.07) is 10.7. The summed E-state index contributed by atoms with van der Waals surface area (Å²) in [5, 5.41) is 12.5. The number of carbonyl (C=O) groups is 2. The zero-order valence-corrected chi connectivity index (χ0v) is 17.4. The average Bonchev–Trinajstić information content (AvgIpc) is 3.41. The number of aromatic nitrogens is 5. The van der Waals surface area contributed by atoms with Crippen LogP contribution < -0.4 is 5.32 Å². The van der Waals surface area contributed by atoms with Gasteiger partial charge in [0.1, 0.15) is 17.8 Å². The van der Waals surface area contributed by atoms with Crippen LogP contribution >= 0.6 is 0 Å². The summed E-state index contributed by atoms with van der Waals surface area (Å²) in [6.07, 6.45) is 4.51. The number of rotatable bonds is 5. The normalized spacial score (nSPS) is 11.1. The van der Waals surface area contributed by atoms with Gasteiger partial charge in [0.15, 0.2) is 5.82 Å². The number of carbonyl (C=O) groups excluding carboxylic acids is 2. The second-order valence-corrected chi connectivity index (χ2v) is 7.23. The molecule has 1 aromatic carbocycles. The minimum Gasteiger partial charge on any atom is -0.449 e. The maximum Gasteiger partial charge on any atom is 0.417 e. The third-order valence-corrected chi connectivity index (χ3v) is 4.73. The van der Waals surface area contributed by atoms with Gasteiger partial charge in [0.2, 0.25) is 0 Å². The average molecular weight is 418 g/mol. The van der Waals surface area contributed by atoms with E-state index < -0.39 is 6.09 Å². The van der Waals surface area contributed by atoms with Gasteiger partial charge in [-0.3, -0.25) is 9.36 Å². The number of ether oxygens (including phenoxy) is 1. The third kappa shape index (κ3) is 4.16. The van der Waals surface area contributed by atoms with E-state index in [-0.39, 0.29) is 11.9 Å². The predicted octanol–water partition coefficient (Wildman–Crippen LogP) is 4.13. The highest BCUT2D eigenvalue weighted by atomic mass is 16.5. The number of benzene rings is 1. The molecule has 0 fully saturated rings. The van der Waals surface area contributed by atoms with Gasteiger partial charge in [-0.05, 0) is 45.0 Å². The molecule has 9 heteroatoms. The van der Waals surface area contributed by atoms with Gasteiger partial charge in [0.25, 0.3) is 5.91 Å². The van der Waals surface area contributed by atoms with Gasteiger partial charge in [-0.2, -0.15) is 0 Å². The molecule has 3 heterocycles. The topological polar surface area (TPSA) is 104 Å². The summed E-state index contributed by atoms with van der Waals surface area (Å²) in [7, 11) is 0. The molecule has 0 aliphatic heterocycles. The first-order valence-corrected chi connectivity index (χ1v) is 9.93. The second kappa shape index (κ2) is 8.39. The SMILES string of the molecule is CCOC(=O)n1cc2ccc(C(=O)Nc3cccc(-c4nncn4C(C)C)n3)cc2c1.